The Bertz CT molecular complexity index is 111. The number of rotatable bonds is 1. The van der Waals surface area contributed by atoms with Gasteiger partial charge in [0.25, 0.3) is 0 Å². The van der Waals surface area contributed by atoms with E-state index in [0.717, 1.165) is 0 Å². The van der Waals surface area contributed by atoms with Gasteiger partial charge in [0.1, 0.15) is 0 Å². The highest BCUT2D eigenvalue weighted by molar-refractivity contribution is 6.59. The average molecular weight is 160 g/mol. The van der Waals surface area contributed by atoms with Crippen molar-refractivity contribution in [1.82, 2.24) is 0 Å². The molecule has 0 saturated heterocycles. The smallest absolute Gasteiger partial charge is 0.0694 e. The molecule has 0 fully saturated rings. The van der Waals surface area contributed by atoms with Gasteiger partial charge in [0.15, 0.2) is 0 Å². The molecule has 0 amide bonds. The normalized spacial score (nSPS) is 19.2. The van der Waals surface area contributed by atoms with Gasteiger partial charge in [-0.2, -0.15) is 0 Å². The molecule has 0 heterocycles. The molecule has 0 aliphatic carbocycles. The van der Waals surface area contributed by atoms with Crippen LogP contribution in [-0.2, 0) is 0 Å². The summed E-state index contributed by atoms with van der Waals surface area (Å²) in [5.74, 6) is 0. The van der Waals surface area contributed by atoms with Crippen molar-refractivity contribution in [1.29, 1.82) is 0 Å². The average Bonchev–Trinajstić information content (AvgIpc) is 1.62. The molecule has 0 aromatic carbocycles. The maximum atomic E-state index is 9.99. The largest absolute Gasteiger partial charge is 0.394 e. The second kappa shape index (κ2) is 2.66. The molecule has 1 N–H and O–H groups in total. The Morgan fingerprint density at radius 1 is 1.00 bits per heavy atom. The first kappa shape index (κ1) is 10.2. The van der Waals surface area contributed by atoms with E-state index in [1.807, 2.05) is 6.92 Å². The summed E-state index contributed by atoms with van der Waals surface area (Å²) in [6.45, 7) is 12.6. The van der Waals surface area contributed by atoms with Crippen LogP contribution in [-0.4, -0.2) is 19.1 Å². The Kier molecular flexibility index (Phi) is 2.71. The van der Waals surface area contributed by atoms with Gasteiger partial charge in [-0.3, -0.25) is 0 Å². The van der Waals surface area contributed by atoms with E-state index in [1.54, 1.807) is 0 Å². The van der Waals surface area contributed by atoms with Crippen molar-refractivity contribution < 1.29 is 5.11 Å². The van der Waals surface area contributed by atoms with Gasteiger partial charge in [0.05, 0.1) is 14.0 Å². The van der Waals surface area contributed by atoms with Crippen molar-refractivity contribution in [2.75, 3.05) is 0 Å². The van der Waals surface area contributed by atoms with Crippen molar-refractivity contribution in [2.24, 2.45) is 5.41 Å². The summed E-state index contributed by atoms with van der Waals surface area (Å²) in [5.41, 5.74) is 0.0351. The van der Waals surface area contributed by atoms with Crippen LogP contribution in [0.25, 0.3) is 0 Å². The van der Waals surface area contributed by atoms with Crippen LogP contribution in [0.2, 0.25) is 13.1 Å². The molecule has 2 heteroatoms. The highest BCUT2D eigenvalue weighted by Gasteiger charge is 2.38. The SMILES string of the molecule is C[SiH](C)C(C)(O)C(C)(C)C. The van der Waals surface area contributed by atoms with Gasteiger partial charge < -0.3 is 5.11 Å². The summed E-state index contributed by atoms with van der Waals surface area (Å²) >= 11 is 0. The molecule has 0 rings (SSSR count). The van der Waals surface area contributed by atoms with E-state index in [9.17, 15) is 5.11 Å². The molecular formula is C8H20OSi. The summed E-state index contributed by atoms with van der Waals surface area (Å²) in [5, 5.41) is 9.57. The first-order valence-corrected chi connectivity index (χ1v) is 6.80. The molecule has 1 atom stereocenters. The Hall–Kier alpha value is 0.177. The summed E-state index contributed by atoms with van der Waals surface area (Å²) in [6, 6.07) is 0. The van der Waals surface area contributed by atoms with Crippen molar-refractivity contribution in [3.8, 4) is 0 Å². The second-order valence-electron chi connectivity index (χ2n) is 4.55. The fourth-order valence-corrected chi connectivity index (χ4v) is 2.60. The lowest BCUT2D eigenvalue weighted by Gasteiger charge is -2.40. The van der Waals surface area contributed by atoms with Gasteiger partial charge in [-0.15, -0.1) is 0 Å². The molecule has 0 spiro atoms. The minimum atomic E-state index is -0.949. The lowest BCUT2D eigenvalue weighted by atomic mass is 9.89. The van der Waals surface area contributed by atoms with E-state index < -0.39 is 14.0 Å². The van der Waals surface area contributed by atoms with Crippen molar-refractivity contribution in [2.45, 2.75) is 46.0 Å². The maximum absolute atomic E-state index is 9.99. The van der Waals surface area contributed by atoms with Gasteiger partial charge in [0.2, 0.25) is 0 Å². The molecule has 0 aromatic rings. The zero-order chi connectivity index (χ0) is 8.58. The molecule has 0 aromatic heterocycles. The Morgan fingerprint density at radius 3 is 1.30 bits per heavy atom. The Balaban J connectivity index is 4.40. The van der Waals surface area contributed by atoms with E-state index in [1.165, 1.54) is 0 Å². The number of hydrogen-bond donors (Lipinski definition) is 1. The predicted octanol–water partition coefficient (Wildman–Crippen LogP) is 1.81. The lowest BCUT2D eigenvalue weighted by molar-refractivity contribution is 0.0297. The van der Waals surface area contributed by atoms with Crippen LogP contribution in [0.5, 0.6) is 0 Å². The van der Waals surface area contributed by atoms with E-state index in [0.29, 0.717) is 0 Å². The third-order valence-electron chi connectivity index (χ3n) is 2.64. The van der Waals surface area contributed by atoms with Crippen LogP contribution in [0.1, 0.15) is 27.7 Å². The molecule has 1 unspecified atom stereocenters. The summed E-state index contributed by atoms with van der Waals surface area (Å²) in [7, 11) is -0.949. The molecule has 0 saturated carbocycles. The van der Waals surface area contributed by atoms with Crippen LogP contribution < -0.4 is 0 Å². The van der Waals surface area contributed by atoms with Crippen molar-refractivity contribution in [3.05, 3.63) is 0 Å². The summed E-state index contributed by atoms with van der Waals surface area (Å²) in [4.78, 5) is 0. The third kappa shape index (κ3) is 1.83. The van der Waals surface area contributed by atoms with E-state index in [4.69, 9.17) is 0 Å². The van der Waals surface area contributed by atoms with Gasteiger partial charge in [0, 0.05) is 0 Å². The van der Waals surface area contributed by atoms with Crippen molar-refractivity contribution in [3.63, 3.8) is 0 Å². The number of aliphatic hydroxyl groups is 1. The monoisotopic (exact) mass is 160 g/mol. The molecule has 0 bridgehead atoms. The van der Waals surface area contributed by atoms with Crippen LogP contribution in [0, 0.1) is 5.41 Å². The van der Waals surface area contributed by atoms with Crippen LogP contribution in [0.3, 0.4) is 0 Å². The molecule has 0 aliphatic heterocycles. The van der Waals surface area contributed by atoms with Crippen LogP contribution in [0.4, 0.5) is 0 Å². The predicted molar refractivity (Wildman–Crippen MR) is 49.0 cm³/mol. The Labute approximate surface area is 66.1 Å². The standard InChI is InChI=1S/C8H20OSi/c1-7(2,3)8(4,9)10(5)6/h9-10H,1-6H3. The second-order valence-corrected chi connectivity index (χ2v) is 7.99. The zero-order valence-corrected chi connectivity index (χ0v) is 9.18. The third-order valence-corrected chi connectivity index (χ3v) is 5.76. The molecular weight excluding hydrogens is 140 g/mol. The van der Waals surface area contributed by atoms with E-state index in [-0.39, 0.29) is 5.41 Å². The molecule has 0 aliphatic rings. The minimum Gasteiger partial charge on any atom is -0.394 e. The van der Waals surface area contributed by atoms with Gasteiger partial charge in [-0.1, -0.05) is 33.9 Å². The maximum Gasteiger partial charge on any atom is 0.0694 e. The topological polar surface area (TPSA) is 20.2 Å². The lowest BCUT2D eigenvalue weighted by Crippen LogP contribution is -2.50. The summed E-state index contributed by atoms with van der Waals surface area (Å²) < 4.78 is 0. The quantitative estimate of drug-likeness (QED) is 0.580. The van der Waals surface area contributed by atoms with Crippen molar-refractivity contribution >= 4 is 8.80 Å². The first-order valence-electron chi connectivity index (χ1n) is 3.92. The Morgan fingerprint density at radius 2 is 1.30 bits per heavy atom. The van der Waals surface area contributed by atoms with Crippen LogP contribution in [0.15, 0.2) is 0 Å². The fourth-order valence-electron chi connectivity index (χ4n) is 0.866. The van der Waals surface area contributed by atoms with Gasteiger partial charge in [-0.05, 0) is 12.3 Å². The minimum absolute atomic E-state index is 0.0351. The molecule has 62 valence electrons. The number of hydrogen-bond acceptors (Lipinski definition) is 1. The molecule has 10 heavy (non-hydrogen) atoms. The highest BCUT2D eigenvalue weighted by atomic mass is 28.3. The molecule has 0 radical (unpaired) electrons. The van der Waals surface area contributed by atoms with Gasteiger partial charge >= 0.3 is 0 Å². The fraction of sp³-hybridized carbons (Fsp3) is 1.00. The summed E-state index contributed by atoms with van der Waals surface area (Å²) in [6.07, 6.45) is 0. The van der Waals surface area contributed by atoms with E-state index in [2.05, 4.69) is 33.9 Å². The highest BCUT2D eigenvalue weighted by Crippen LogP contribution is 2.31. The van der Waals surface area contributed by atoms with Crippen LogP contribution >= 0.6 is 0 Å². The van der Waals surface area contributed by atoms with E-state index >= 15 is 0 Å². The zero-order valence-electron chi connectivity index (χ0n) is 8.02. The van der Waals surface area contributed by atoms with Gasteiger partial charge in [-0.25, -0.2) is 0 Å². The molecule has 1 nitrogen and oxygen atoms in total. The first-order chi connectivity index (χ1) is 4.19.